The minimum absolute atomic E-state index is 0.0135. The minimum atomic E-state index is -3.51. The third kappa shape index (κ3) is 4.67. The van der Waals surface area contributed by atoms with Crippen molar-refractivity contribution >= 4 is 27.2 Å². The number of nitro benzene ring substituents is 1. The van der Waals surface area contributed by atoms with Crippen molar-refractivity contribution in [1.29, 1.82) is 0 Å². The average molecular weight is 356 g/mol. The summed E-state index contributed by atoms with van der Waals surface area (Å²) in [5, 5.41) is 14.3. The average Bonchev–Trinajstić information content (AvgIpc) is 2.47. The number of anilines is 1. The molecule has 0 unspecified atom stereocenters. The summed E-state index contributed by atoms with van der Waals surface area (Å²) in [6.45, 7) is 1.37. The Hall–Kier alpha value is -2.16. The normalized spacial score (nSPS) is 21.1. The van der Waals surface area contributed by atoms with Gasteiger partial charge in [0.15, 0.2) is 9.84 Å². The Bertz CT molecular complexity index is 738. The van der Waals surface area contributed by atoms with E-state index < -0.39 is 14.8 Å². The Balaban J connectivity index is 2.10. The number of nitrogens with zero attached hydrogens (tertiary/aromatic N) is 1. The lowest BCUT2D eigenvalue weighted by Gasteiger charge is -2.29. The van der Waals surface area contributed by atoms with Crippen molar-refractivity contribution < 1.29 is 22.9 Å². The molecule has 0 amide bonds. The number of nitro groups is 1. The van der Waals surface area contributed by atoms with Crippen molar-refractivity contribution in [1.82, 2.24) is 0 Å². The highest BCUT2D eigenvalue weighted by molar-refractivity contribution is 7.90. The molecule has 9 heteroatoms. The number of esters is 1. The third-order valence-electron chi connectivity index (χ3n) is 3.96. The first-order valence-corrected chi connectivity index (χ1v) is 9.48. The number of carbonyl (C=O) groups excluding carboxylic acids is 1. The van der Waals surface area contributed by atoms with Crippen LogP contribution in [0.25, 0.3) is 0 Å². The Morgan fingerprint density at radius 1 is 1.29 bits per heavy atom. The van der Waals surface area contributed by atoms with Crippen LogP contribution in [0.5, 0.6) is 0 Å². The summed E-state index contributed by atoms with van der Waals surface area (Å²) in [7, 11) is -3.51. The SMILES string of the molecule is CC(=O)OC1CCC(Nc2ccc(S(C)(=O)=O)cc2[N+](=O)[O-])CC1. The summed E-state index contributed by atoms with van der Waals surface area (Å²) >= 11 is 0. The van der Waals surface area contributed by atoms with Gasteiger partial charge < -0.3 is 10.1 Å². The van der Waals surface area contributed by atoms with Gasteiger partial charge >= 0.3 is 5.97 Å². The fourth-order valence-corrected chi connectivity index (χ4v) is 3.44. The molecule has 0 spiro atoms. The van der Waals surface area contributed by atoms with Crippen molar-refractivity contribution in [3.05, 3.63) is 28.3 Å². The zero-order valence-corrected chi connectivity index (χ0v) is 14.3. The Kier molecular flexibility index (Phi) is 5.43. The lowest BCUT2D eigenvalue weighted by Crippen LogP contribution is -2.30. The maximum Gasteiger partial charge on any atom is 0.302 e. The van der Waals surface area contributed by atoms with E-state index in [2.05, 4.69) is 5.32 Å². The second kappa shape index (κ2) is 7.16. The minimum Gasteiger partial charge on any atom is -0.463 e. The number of ether oxygens (including phenoxy) is 1. The van der Waals surface area contributed by atoms with E-state index in [-0.39, 0.29) is 28.7 Å². The highest BCUT2D eigenvalue weighted by atomic mass is 32.2. The van der Waals surface area contributed by atoms with Gasteiger partial charge in [-0.15, -0.1) is 0 Å². The Morgan fingerprint density at radius 2 is 1.92 bits per heavy atom. The molecule has 0 aromatic heterocycles. The van der Waals surface area contributed by atoms with Crippen molar-refractivity contribution in [2.45, 2.75) is 49.6 Å². The van der Waals surface area contributed by atoms with Gasteiger partial charge in [-0.25, -0.2) is 8.42 Å². The third-order valence-corrected chi connectivity index (χ3v) is 5.07. The summed E-state index contributed by atoms with van der Waals surface area (Å²) in [5.74, 6) is -0.307. The van der Waals surface area contributed by atoms with Crippen LogP contribution >= 0.6 is 0 Å². The molecule has 0 bridgehead atoms. The molecule has 1 saturated carbocycles. The molecule has 0 saturated heterocycles. The molecule has 8 nitrogen and oxygen atoms in total. The quantitative estimate of drug-likeness (QED) is 0.489. The van der Waals surface area contributed by atoms with E-state index in [0.29, 0.717) is 31.4 Å². The van der Waals surface area contributed by atoms with Crippen LogP contribution in [0.3, 0.4) is 0 Å². The summed E-state index contributed by atoms with van der Waals surface area (Å²) < 4.78 is 28.3. The smallest absolute Gasteiger partial charge is 0.302 e. The predicted molar refractivity (Wildman–Crippen MR) is 87.6 cm³/mol. The first kappa shape index (κ1) is 18.2. The highest BCUT2D eigenvalue weighted by Gasteiger charge is 2.25. The second-order valence-corrected chi connectivity index (χ2v) is 7.95. The van der Waals surface area contributed by atoms with Crippen LogP contribution in [0.4, 0.5) is 11.4 Å². The first-order chi connectivity index (χ1) is 11.2. The molecule has 1 aromatic rings. The van der Waals surface area contributed by atoms with E-state index in [4.69, 9.17) is 4.74 Å². The summed E-state index contributed by atoms with van der Waals surface area (Å²) in [6.07, 6.45) is 3.70. The summed E-state index contributed by atoms with van der Waals surface area (Å²) in [5.41, 5.74) is 0.0309. The van der Waals surface area contributed by atoms with Crippen LogP contribution < -0.4 is 5.32 Å². The summed E-state index contributed by atoms with van der Waals surface area (Å²) in [6, 6.07) is 3.86. The van der Waals surface area contributed by atoms with E-state index >= 15 is 0 Å². The molecule has 1 fully saturated rings. The zero-order chi connectivity index (χ0) is 17.9. The molecule has 24 heavy (non-hydrogen) atoms. The molecular formula is C15H20N2O6S. The fraction of sp³-hybridized carbons (Fsp3) is 0.533. The summed E-state index contributed by atoms with van der Waals surface area (Å²) in [4.78, 5) is 21.5. The van der Waals surface area contributed by atoms with Crippen LogP contribution in [0.15, 0.2) is 23.1 Å². The van der Waals surface area contributed by atoms with Crippen LogP contribution in [0.1, 0.15) is 32.6 Å². The van der Waals surface area contributed by atoms with E-state index in [1.807, 2.05) is 0 Å². The topological polar surface area (TPSA) is 116 Å². The molecule has 0 heterocycles. The maximum atomic E-state index is 11.5. The molecule has 1 aliphatic rings. The largest absolute Gasteiger partial charge is 0.463 e. The van der Waals surface area contributed by atoms with Gasteiger partial charge in [-0.2, -0.15) is 0 Å². The van der Waals surface area contributed by atoms with E-state index in [0.717, 1.165) is 12.3 Å². The second-order valence-electron chi connectivity index (χ2n) is 5.94. The number of hydrogen-bond acceptors (Lipinski definition) is 7. The molecule has 1 N–H and O–H groups in total. The highest BCUT2D eigenvalue weighted by Crippen LogP contribution is 2.31. The first-order valence-electron chi connectivity index (χ1n) is 7.59. The van der Waals surface area contributed by atoms with Gasteiger partial charge in [-0.1, -0.05) is 0 Å². The standard InChI is InChI=1S/C15H20N2O6S/c1-10(18)23-12-5-3-11(4-6-12)16-14-8-7-13(24(2,21)22)9-15(14)17(19)20/h7-9,11-12,16H,3-6H2,1-2H3. The molecule has 0 atom stereocenters. The van der Waals surface area contributed by atoms with Crippen molar-refractivity contribution in [2.24, 2.45) is 0 Å². The van der Waals surface area contributed by atoms with Crippen LogP contribution in [0.2, 0.25) is 0 Å². The molecule has 0 aliphatic heterocycles. The van der Waals surface area contributed by atoms with Crippen LogP contribution in [0, 0.1) is 10.1 Å². The van der Waals surface area contributed by atoms with Gasteiger partial charge in [0.25, 0.3) is 5.69 Å². The predicted octanol–water partition coefficient (Wildman–Crippen LogP) is 2.28. The molecule has 132 valence electrons. The van der Waals surface area contributed by atoms with Crippen molar-refractivity contribution in [2.75, 3.05) is 11.6 Å². The monoisotopic (exact) mass is 356 g/mol. The van der Waals surface area contributed by atoms with Gasteiger partial charge in [0.05, 0.1) is 9.82 Å². The number of hydrogen-bond donors (Lipinski definition) is 1. The van der Waals surface area contributed by atoms with Gasteiger partial charge in [-0.3, -0.25) is 14.9 Å². The van der Waals surface area contributed by atoms with E-state index in [9.17, 15) is 23.3 Å². The van der Waals surface area contributed by atoms with Gasteiger partial charge in [-0.05, 0) is 37.8 Å². The zero-order valence-electron chi connectivity index (χ0n) is 13.5. The molecule has 2 rings (SSSR count). The molecule has 0 radical (unpaired) electrons. The number of benzene rings is 1. The molecule has 1 aliphatic carbocycles. The van der Waals surface area contributed by atoms with Crippen molar-refractivity contribution in [3.63, 3.8) is 0 Å². The lowest BCUT2D eigenvalue weighted by atomic mass is 9.92. The van der Waals surface area contributed by atoms with E-state index in [1.54, 1.807) is 0 Å². The molecule has 1 aromatic carbocycles. The number of nitrogens with one attached hydrogen (secondary N) is 1. The fourth-order valence-electron chi connectivity index (χ4n) is 2.79. The Labute approximate surface area is 140 Å². The van der Waals surface area contributed by atoms with Gasteiger partial charge in [0.1, 0.15) is 11.8 Å². The van der Waals surface area contributed by atoms with E-state index in [1.165, 1.54) is 19.1 Å². The number of carbonyl (C=O) groups is 1. The van der Waals surface area contributed by atoms with Crippen LogP contribution in [-0.4, -0.2) is 37.7 Å². The van der Waals surface area contributed by atoms with Crippen molar-refractivity contribution in [3.8, 4) is 0 Å². The number of sulfone groups is 1. The van der Waals surface area contributed by atoms with Gasteiger partial charge in [0.2, 0.25) is 0 Å². The maximum absolute atomic E-state index is 11.5. The van der Waals surface area contributed by atoms with Crippen LogP contribution in [-0.2, 0) is 19.4 Å². The Morgan fingerprint density at radius 3 is 2.42 bits per heavy atom. The lowest BCUT2D eigenvalue weighted by molar-refractivity contribution is -0.384. The van der Waals surface area contributed by atoms with Gasteiger partial charge in [0, 0.05) is 25.3 Å². The number of rotatable bonds is 5. The molecular weight excluding hydrogens is 336 g/mol.